The van der Waals surface area contributed by atoms with Crippen molar-refractivity contribution in [3.05, 3.63) is 0 Å². The molecule has 0 saturated heterocycles. The summed E-state index contributed by atoms with van der Waals surface area (Å²) in [6.07, 6.45) is 5.23. The second-order valence-electron chi connectivity index (χ2n) is 12.2. The molecule has 0 aromatic heterocycles. The number of Topliss-reactive ketones (excluding diaryl/α,β-unsaturated/α-hetero) is 1. The molecular formula is C27H42F2O4. The van der Waals surface area contributed by atoms with Gasteiger partial charge in [-0.3, -0.25) is 9.59 Å². The van der Waals surface area contributed by atoms with Crippen molar-refractivity contribution < 1.29 is 28.2 Å². The molecule has 0 heterocycles. The lowest BCUT2D eigenvalue weighted by Crippen LogP contribution is -2.67. The van der Waals surface area contributed by atoms with Crippen LogP contribution in [-0.4, -0.2) is 36.0 Å². The summed E-state index contributed by atoms with van der Waals surface area (Å²) in [5, 5.41) is 11.6. The molecule has 4 unspecified atom stereocenters. The van der Waals surface area contributed by atoms with Crippen LogP contribution in [0, 0.1) is 52.3 Å². The largest absolute Gasteiger partial charge is 0.469 e. The first-order valence-electron chi connectivity index (χ1n) is 13.1. The van der Waals surface area contributed by atoms with Gasteiger partial charge in [0, 0.05) is 18.8 Å². The fourth-order valence-corrected chi connectivity index (χ4v) is 9.49. The number of halogens is 2. The van der Waals surface area contributed by atoms with E-state index in [1.807, 2.05) is 13.8 Å². The van der Waals surface area contributed by atoms with Gasteiger partial charge < -0.3 is 9.84 Å². The number of ketones is 1. The fraction of sp³-hybridized carbons (Fsp3) is 0.926. The van der Waals surface area contributed by atoms with Crippen molar-refractivity contribution in [2.75, 3.05) is 7.11 Å². The number of carbonyl (C=O) groups is 2. The van der Waals surface area contributed by atoms with Crippen molar-refractivity contribution in [3.8, 4) is 0 Å². The van der Waals surface area contributed by atoms with Gasteiger partial charge in [0.05, 0.1) is 13.2 Å². The predicted molar refractivity (Wildman–Crippen MR) is 122 cm³/mol. The van der Waals surface area contributed by atoms with Gasteiger partial charge in [0.25, 0.3) is 0 Å². The lowest BCUT2D eigenvalue weighted by molar-refractivity contribution is -0.248. The highest BCUT2D eigenvalue weighted by Gasteiger charge is 2.71. The number of alkyl halides is 2. The van der Waals surface area contributed by atoms with E-state index >= 15 is 8.78 Å². The van der Waals surface area contributed by atoms with Gasteiger partial charge in [-0.1, -0.05) is 34.1 Å². The minimum Gasteiger partial charge on any atom is -0.469 e. The summed E-state index contributed by atoms with van der Waals surface area (Å²) in [4.78, 5) is 24.0. The van der Waals surface area contributed by atoms with Crippen LogP contribution in [-0.2, 0) is 14.3 Å². The van der Waals surface area contributed by atoms with E-state index in [1.165, 1.54) is 7.11 Å². The SMILES string of the molecule is CC[C@@H]1[C@@H]2C(F)(F)C(=O)CC[C@]2(C)C2CC[C@@]3(C)C(CCC3[C@H](C)CCC(=O)OC)C2[C@@H]1O. The van der Waals surface area contributed by atoms with Crippen LogP contribution >= 0.6 is 0 Å². The maximum Gasteiger partial charge on any atom is 0.308 e. The third-order valence-electron chi connectivity index (χ3n) is 11.1. The van der Waals surface area contributed by atoms with E-state index in [0.29, 0.717) is 37.0 Å². The number of methoxy groups -OCH3 is 1. The number of rotatable bonds is 5. The minimum absolute atomic E-state index is 0.0109. The second-order valence-corrected chi connectivity index (χ2v) is 12.2. The molecule has 4 fully saturated rings. The summed E-state index contributed by atoms with van der Waals surface area (Å²) >= 11 is 0. The van der Waals surface area contributed by atoms with Gasteiger partial charge in [-0.05, 0) is 84.9 Å². The molecule has 188 valence electrons. The van der Waals surface area contributed by atoms with Crippen LogP contribution in [0.4, 0.5) is 8.78 Å². The number of carbonyl (C=O) groups excluding carboxylic acids is 2. The van der Waals surface area contributed by atoms with E-state index in [1.54, 1.807) is 0 Å². The molecule has 4 saturated carbocycles. The zero-order chi connectivity index (χ0) is 24.3. The fourth-order valence-electron chi connectivity index (χ4n) is 9.49. The van der Waals surface area contributed by atoms with Crippen LogP contribution < -0.4 is 0 Å². The van der Waals surface area contributed by atoms with Gasteiger partial charge >= 0.3 is 11.9 Å². The number of aliphatic hydroxyl groups excluding tert-OH is 1. The summed E-state index contributed by atoms with van der Waals surface area (Å²) in [5.74, 6) is -4.89. The third kappa shape index (κ3) is 3.60. The number of hydrogen-bond acceptors (Lipinski definition) is 4. The Morgan fingerprint density at radius 1 is 1.15 bits per heavy atom. The summed E-state index contributed by atoms with van der Waals surface area (Å²) in [7, 11) is 1.42. The smallest absolute Gasteiger partial charge is 0.308 e. The molecule has 0 spiro atoms. The summed E-state index contributed by atoms with van der Waals surface area (Å²) in [6.45, 7) is 8.46. The standard InChI is InChI=1S/C27H42F2O4/c1-6-16-23(32)22-18-9-8-17(15(2)7-10-21(31)33-5)25(18,3)13-11-19(22)26(4)14-12-20(30)27(28,29)24(16)26/h15-19,22-24,32H,6-14H2,1-5H3/t15-,16+,17?,18?,19?,22?,23-,24+,25-,26-/m1/s1. The average Bonchev–Trinajstić information content (AvgIpc) is 3.13. The second kappa shape index (κ2) is 8.57. The Morgan fingerprint density at radius 2 is 1.82 bits per heavy atom. The van der Waals surface area contributed by atoms with Gasteiger partial charge in [0.15, 0.2) is 0 Å². The Kier molecular flexibility index (Phi) is 6.51. The van der Waals surface area contributed by atoms with Crippen LogP contribution in [0.5, 0.6) is 0 Å². The Morgan fingerprint density at radius 3 is 2.45 bits per heavy atom. The zero-order valence-electron chi connectivity index (χ0n) is 20.9. The number of ether oxygens (including phenoxy) is 1. The number of fused-ring (bicyclic) bond motifs is 5. The van der Waals surface area contributed by atoms with Gasteiger partial charge in [0.1, 0.15) is 0 Å². The minimum atomic E-state index is -3.35. The molecule has 0 aromatic carbocycles. The van der Waals surface area contributed by atoms with Crippen LogP contribution in [0.3, 0.4) is 0 Å². The van der Waals surface area contributed by atoms with Crippen molar-refractivity contribution >= 4 is 11.8 Å². The average molecular weight is 469 g/mol. The molecule has 4 rings (SSSR count). The van der Waals surface area contributed by atoms with Gasteiger partial charge in [-0.2, -0.15) is 8.78 Å². The molecule has 6 heteroatoms. The van der Waals surface area contributed by atoms with E-state index in [2.05, 4.69) is 13.8 Å². The Labute approximate surface area is 197 Å². The first-order valence-corrected chi connectivity index (χ1v) is 13.1. The highest BCUT2D eigenvalue weighted by molar-refractivity contribution is 5.87. The molecule has 0 aromatic rings. The molecule has 33 heavy (non-hydrogen) atoms. The molecule has 0 aliphatic heterocycles. The van der Waals surface area contributed by atoms with Crippen LogP contribution in [0.15, 0.2) is 0 Å². The summed E-state index contributed by atoms with van der Waals surface area (Å²) in [5.41, 5.74) is -0.565. The molecule has 10 atom stereocenters. The first kappa shape index (κ1) is 25.1. The topological polar surface area (TPSA) is 63.6 Å². The van der Waals surface area contributed by atoms with Gasteiger partial charge in [-0.25, -0.2) is 0 Å². The van der Waals surface area contributed by atoms with Crippen molar-refractivity contribution in [3.63, 3.8) is 0 Å². The van der Waals surface area contributed by atoms with Crippen LogP contribution in [0.25, 0.3) is 0 Å². The molecule has 0 radical (unpaired) electrons. The van der Waals surface area contributed by atoms with Crippen molar-refractivity contribution in [2.24, 2.45) is 52.3 Å². The molecule has 4 nitrogen and oxygen atoms in total. The zero-order valence-corrected chi connectivity index (χ0v) is 20.9. The quantitative estimate of drug-likeness (QED) is 0.529. The van der Waals surface area contributed by atoms with E-state index in [0.717, 1.165) is 32.1 Å². The first-order chi connectivity index (χ1) is 15.4. The van der Waals surface area contributed by atoms with Gasteiger partial charge in [-0.15, -0.1) is 0 Å². The van der Waals surface area contributed by atoms with E-state index in [-0.39, 0.29) is 29.6 Å². The monoisotopic (exact) mass is 468 g/mol. The highest BCUT2D eigenvalue weighted by atomic mass is 19.3. The van der Waals surface area contributed by atoms with Crippen LogP contribution in [0.1, 0.15) is 85.5 Å². The molecule has 0 amide bonds. The molecule has 1 N–H and O–H groups in total. The Balaban J connectivity index is 1.64. The molecule has 0 bridgehead atoms. The van der Waals surface area contributed by atoms with Gasteiger partial charge in [0.2, 0.25) is 5.78 Å². The lowest BCUT2D eigenvalue weighted by Gasteiger charge is -2.65. The predicted octanol–water partition coefficient (Wildman–Crippen LogP) is 5.66. The lowest BCUT2D eigenvalue weighted by atomic mass is 9.41. The Bertz CT molecular complexity index is 784. The maximum atomic E-state index is 15.3. The highest BCUT2D eigenvalue weighted by Crippen LogP contribution is 2.70. The normalized spacial score (nSPS) is 47.3. The van der Waals surface area contributed by atoms with E-state index in [9.17, 15) is 14.7 Å². The van der Waals surface area contributed by atoms with Crippen LogP contribution in [0.2, 0.25) is 0 Å². The summed E-state index contributed by atoms with van der Waals surface area (Å²) < 4.78 is 35.5. The maximum absolute atomic E-state index is 15.3. The Hall–Kier alpha value is -1.04. The molecule has 4 aliphatic carbocycles. The molecular weight excluding hydrogens is 426 g/mol. The third-order valence-corrected chi connectivity index (χ3v) is 11.1. The number of esters is 1. The van der Waals surface area contributed by atoms with Crippen molar-refractivity contribution in [2.45, 2.75) is 97.5 Å². The van der Waals surface area contributed by atoms with E-state index in [4.69, 9.17) is 4.74 Å². The summed E-state index contributed by atoms with van der Waals surface area (Å²) in [6, 6.07) is 0. The number of aliphatic hydroxyl groups is 1. The molecule has 4 aliphatic rings. The van der Waals surface area contributed by atoms with Crippen molar-refractivity contribution in [1.82, 2.24) is 0 Å². The van der Waals surface area contributed by atoms with E-state index < -0.39 is 35.1 Å². The van der Waals surface area contributed by atoms with Crippen molar-refractivity contribution in [1.29, 1.82) is 0 Å². The number of hydrogen-bond donors (Lipinski definition) is 1.